The highest BCUT2D eigenvalue weighted by Gasteiger charge is 2.50. The second-order valence-electron chi connectivity index (χ2n) is 6.66. The fraction of sp³-hybridized carbons (Fsp3) is 0.333. The number of carbonyl (C=O) groups is 1. The number of rotatable bonds is 4. The van der Waals surface area contributed by atoms with Crippen LogP contribution < -0.4 is 10.6 Å². The van der Waals surface area contributed by atoms with Crippen LogP contribution in [0, 0.1) is 18.3 Å². The first-order valence-corrected chi connectivity index (χ1v) is 7.55. The molecule has 1 fully saturated rings. The molecule has 0 aliphatic heterocycles. The topological polar surface area (TPSA) is 54.0 Å². The van der Waals surface area contributed by atoms with Crippen LogP contribution in [-0.2, 0) is 4.79 Å². The third-order valence-corrected chi connectivity index (χ3v) is 4.17. The number of carbonyl (C=O) groups excluding carboxylic acids is 1. The zero-order valence-corrected chi connectivity index (χ0v) is 13.2. The maximum atomic E-state index is 12.1. The Morgan fingerprint density at radius 1 is 1.14 bits per heavy atom. The fourth-order valence-corrected chi connectivity index (χ4v) is 2.47. The zero-order chi connectivity index (χ0) is 15.7. The Hall–Kier alpha value is -2.36. The smallest absolute Gasteiger partial charge is 0.228 e. The lowest BCUT2D eigenvalue weighted by Gasteiger charge is -2.09. The number of aryl methyl sites for hydroxylation is 1. The number of nitrogens with zero attached hydrogens (tertiary/aromatic N) is 1. The van der Waals surface area contributed by atoms with Crippen molar-refractivity contribution in [1.82, 2.24) is 4.98 Å². The van der Waals surface area contributed by atoms with Crippen molar-refractivity contribution in [3.63, 3.8) is 0 Å². The van der Waals surface area contributed by atoms with Crippen LogP contribution in [0.2, 0.25) is 0 Å². The van der Waals surface area contributed by atoms with Crippen LogP contribution in [-0.4, -0.2) is 10.9 Å². The van der Waals surface area contributed by atoms with Gasteiger partial charge >= 0.3 is 0 Å². The van der Waals surface area contributed by atoms with E-state index in [9.17, 15) is 4.79 Å². The Morgan fingerprint density at radius 2 is 1.77 bits per heavy atom. The van der Waals surface area contributed by atoms with Crippen molar-refractivity contribution < 1.29 is 4.79 Å². The Balaban J connectivity index is 1.60. The molecule has 1 heterocycles. The largest absolute Gasteiger partial charge is 0.340 e. The summed E-state index contributed by atoms with van der Waals surface area (Å²) in [6.45, 7) is 6.26. The van der Waals surface area contributed by atoms with Crippen molar-refractivity contribution in [2.75, 3.05) is 10.6 Å². The van der Waals surface area contributed by atoms with Gasteiger partial charge in [0.25, 0.3) is 0 Å². The second kappa shape index (κ2) is 5.44. The minimum absolute atomic E-state index is 0.117. The van der Waals surface area contributed by atoms with Crippen molar-refractivity contribution in [3.05, 3.63) is 48.2 Å². The van der Waals surface area contributed by atoms with Crippen LogP contribution in [0.15, 0.2) is 42.6 Å². The number of anilines is 3. The Morgan fingerprint density at radius 3 is 2.32 bits per heavy atom. The lowest BCUT2D eigenvalue weighted by atomic mass is 10.1. The van der Waals surface area contributed by atoms with E-state index in [-0.39, 0.29) is 17.2 Å². The normalized spacial score (nSPS) is 18.6. The number of hydrogen-bond donors (Lipinski definition) is 2. The highest BCUT2D eigenvalue weighted by Crippen LogP contribution is 2.51. The molecule has 2 aromatic rings. The van der Waals surface area contributed by atoms with E-state index in [1.54, 1.807) is 0 Å². The van der Waals surface area contributed by atoms with E-state index in [0.29, 0.717) is 0 Å². The number of aromatic nitrogens is 1. The van der Waals surface area contributed by atoms with Gasteiger partial charge in [0, 0.05) is 23.5 Å². The summed E-state index contributed by atoms with van der Waals surface area (Å²) in [7, 11) is 0. The minimum Gasteiger partial charge on any atom is -0.340 e. The highest BCUT2D eigenvalue weighted by atomic mass is 16.2. The van der Waals surface area contributed by atoms with E-state index in [0.717, 1.165) is 29.2 Å². The van der Waals surface area contributed by atoms with Crippen LogP contribution >= 0.6 is 0 Å². The van der Waals surface area contributed by atoms with Gasteiger partial charge in [0.15, 0.2) is 0 Å². The summed E-state index contributed by atoms with van der Waals surface area (Å²) >= 11 is 0. The van der Waals surface area contributed by atoms with E-state index in [4.69, 9.17) is 0 Å². The molecule has 2 N–H and O–H groups in total. The van der Waals surface area contributed by atoms with Gasteiger partial charge in [0.1, 0.15) is 5.82 Å². The Bertz CT molecular complexity index is 674. The van der Waals surface area contributed by atoms with E-state index in [1.165, 1.54) is 0 Å². The molecule has 1 unspecified atom stereocenters. The maximum absolute atomic E-state index is 12.1. The summed E-state index contributed by atoms with van der Waals surface area (Å²) in [5.74, 6) is 1.06. The number of amides is 1. The van der Waals surface area contributed by atoms with Crippen LogP contribution in [0.1, 0.15) is 25.8 Å². The van der Waals surface area contributed by atoms with Crippen molar-refractivity contribution in [2.45, 2.75) is 27.2 Å². The molecule has 1 aromatic heterocycles. The molecule has 4 heteroatoms. The van der Waals surface area contributed by atoms with Gasteiger partial charge in [0.2, 0.25) is 5.91 Å². The second-order valence-corrected chi connectivity index (χ2v) is 6.66. The van der Waals surface area contributed by atoms with Crippen LogP contribution in [0.4, 0.5) is 17.2 Å². The summed E-state index contributed by atoms with van der Waals surface area (Å²) in [4.78, 5) is 16.4. The van der Waals surface area contributed by atoms with Gasteiger partial charge < -0.3 is 10.6 Å². The standard InChI is InChI=1S/C18H21N3O/c1-12-4-9-16(19-11-12)20-13-5-7-14(8-6-13)21-17(22)15-10-18(15,2)3/h4-9,11,15H,10H2,1-3H3,(H,19,20)(H,21,22). The predicted octanol–water partition coefficient (Wildman–Crippen LogP) is 4.12. The number of nitrogens with one attached hydrogen (secondary N) is 2. The fourth-order valence-electron chi connectivity index (χ4n) is 2.47. The molecule has 1 aliphatic rings. The molecule has 1 saturated carbocycles. The molecule has 0 saturated heterocycles. The summed E-state index contributed by atoms with van der Waals surface area (Å²) in [5, 5.41) is 6.21. The SMILES string of the molecule is Cc1ccc(Nc2ccc(NC(=O)C3CC3(C)C)cc2)nc1. The number of pyridine rings is 1. The third-order valence-electron chi connectivity index (χ3n) is 4.17. The first kappa shape index (κ1) is 14.6. The molecule has 22 heavy (non-hydrogen) atoms. The van der Waals surface area contributed by atoms with Crippen molar-refractivity contribution in [3.8, 4) is 0 Å². The average molecular weight is 295 g/mol. The van der Waals surface area contributed by atoms with Gasteiger partial charge in [-0.2, -0.15) is 0 Å². The van der Waals surface area contributed by atoms with Gasteiger partial charge in [-0.05, 0) is 54.7 Å². The van der Waals surface area contributed by atoms with Crippen molar-refractivity contribution >= 4 is 23.1 Å². The maximum Gasteiger partial charge on any atom is 0.228 e. The van der Waals surface area contributed by atoms with Crippen molar-refractivity contribution in [1.29, 1.82) is 0 Å². The zero-order valence-electron chi connectivity index (χ0n) is 13.2. The summed E-state index contributed by atoms with van der Waals surface area (Å²) in [6, 6.07) is 11.7. The van der Waals surface area contributed by atoms with Gasteiger partial charge in [0.05, 0.1) is 0 Å². The lowest BCUT2D eigenvalue weighted by Crippen LogP contribution is -2.16. The monoisotopic (exact) mass is 295 g/mol. The summed E-state index contributed by atoms with van der Waals surface area (Å²) in [5.41, 5.74) is 3.06. The lowest BCUT2D eigenvalue weighted by molar-refractivity contribution is -0.118. The van der Waals surface area contributed by atoms with Crippen LogP contribution in [0.5, 0.6) is 0 Å². The Kier molecular flexibility index (Phi) is 3.61. The van der Waals surface area contributed by atoms with Gasteiger partial charge in [-0.3, -0.25) is 4.79 Å². The molecular formula is C18H21N3O. The number of hydrogen-bond acceptors (Lipinski definition) is 3. The highest BCUT2D eigenvalue weighted by molar-refractivity contribution is 5.95. The molecule has 0 radical (unpaired) electrons. The average Bonchev–Trinajstić information content (AvgIpc) is 3.13. The molecule has 1 atom stereocenters. The molecule has 0 spiro atoms. The molecule has 4 nitrogen and oxygen atoms in total. The van der Waals surface area contributed by atoms with E-state index in [2.05, 4.69) is 29.5 Å². The van der Waals surface area contributed by atoms with E-state index >= 15 is 0 Å². The number of benzene rings is 1. The molecule has 1 aliphatic carbocycles. The minimum atomic E-state index is 0.117. The summed E-state index contributed by atoms with van der Waals surface area (Å²) in [6.07, 6.45) is 2.80. The van der Waals surface area contributed by atoms with E-state index < -0.39 is 0 Å². The van der Waals surface area contributed by atoms with Crippen LogP contribution in [0.25, 0.3) is 0 Å². The molecule has 1 aromatic carbocycles. The quantitative estimate of drug-likeness (QED) is 0.892. The molecular weight excluding hydrogens is 274 g/mol. The van der Waals surface area contributed by atoms with Gasteiger partial charge in [-0.25, -0.2) is 4.98 Å². The molecule has 1 amide bonds. The summed E-state index contributed by atoms with van der Waals surface area (Å²) < 4.78 is 0. The third kappa shape index (κ3) is 3.27. The van der Waals surface area contributed by atoms with Crippen LogP contribution in [0.3, 0.4) is 0 Å². The van der Waals surface area contributed by atoms with Gasteiger partial charge in [-0.15, -0.1) is 0 Å². The van der Waals surface area contributed by atoms with Gasteiger partial charge in [-0.1, -0.05) is 19.9 Å². The molecule has 114 valence electrons. The first-order chi connectivity index (χ1) is 10.4. The Labute approximate surface area is 131 Å². The molecule has 0 bridgehead atoms. The predicted molar refractivity (Wildman–Crippen MR) is 89.2 cm³/mol. The van der Waals surface area contributed by atoms with E-state index in [1.807, 2.05) is 49.5 Å². The first-order valence-electron chi connectivity index (χ1n) is 7.55. The van der Waals surface area contributed by atoms with Crippen molar-refractivity contribution in [2.24, 2.45) is 11.3 Å². The molecule has 3 rings (SSSR count).